The van der Waals surface area contributed by atoms with E-state index < -0.39 is 52.4 Å². The van der Waals surface area contributed by atoms with Crippen LogP contribution in [0.25, 0.3) is 10.9 Å². The van der Waals surface area contributed by atoms with Crippen molar-refractivity contribution < 1.29 is 37.4 Å². The highest BCUT2D eigenvalue weighted by atomic mass is 19.1. The molecule has 7 nitrogen and oxygen atoms in total. The summed E-state index contributed by atoms with van der Waals surface area (Å²) in [5, 5.41) is 20.1. The maximum atomic E-state index is 13.2. The van der Waals surface area contributed by atoms with Crippen LogP contribution in [0.15, 0.2) is 35.1 Å². The molecule has 0 aliphatic rings. The second-order valence-electron chi connectivity index (χ2n) is 6.41. The van der Waals surface area contributed by atoms with E-state index in [-0.39, 0.29) is 22.2 Å². The monoisotopic (exact) mass is 440 g/mol. The summed E-state index contributed by atoms with van der Waals surface area (Å²) in [6, 6.07) is 4.20. The Balaban J connectivity index is 0.000000220. The number of carbonyl (C=O) groups excluding carboxylic acids is 1. The second kappa shape index (κ2) is 9.28. The standard InChI is InChI=1S/C10H9F2NO3.C10H7F2NO2/c1-5(10(15)16)9(14)13-8-3-2-6(11)4-7(8)12;1-4-9(14)6-2-5(11)3-7(12)8(6)13-10(4)15/h2-5H,1H3,(H,13,14)(H,15,16);2-3H,1H3,(H2,13,14,15). The summed E-state index contributed by atoms with van der Waals surface area (Å²) in [7, 11) is 0. The molecule has 1 heterocycles. The van der Waals surface area contributed by atoms with E-state index in [1.807, 2.05) is 0 Å². The van der Waals surface area contributed by atoms with Crippen LogP contribution in [0.3, 0.4) is 0 Å². The van der Waals surface area contributed by atoms with Gasteiger partial charge in [-0.2, -0.15) is 0 Å². The Labute approximate surface area is 172 Å². The molecular formula is C20H16F4N2O5. The lowest BCUT2D eigenvalue weighted by molar-refractivity contribution is -0.144. The fourth-order valence-corrected chi connectivity index (χ4v) is 2.35. The van der Waals surface area contributed by atoms with Gasteiger partial charge in [-0.15, -0.1) is 0 Å². The minimum atomic E-state index is -1.32. The van der Waals surface area contributed by atoms with Crippen molar-refractivity contribution >= 4 is 28.5 Å². The molecule has 1 amide bonds. The lowest BCUT2D eigenvalue weighted by atomic mass is 10.1. The Morgan fingerprint density at radius 1 is 1.03 bits per heavy atom. The zero-order chi connectivity index (χ0) is 23.5. The number of nitrogens with one attached hydrogen (secondary N) is 2. The summed E-state index contributed by atoms with van der Waals surface area (Å²) in [6.07, 6.45) is 0. The third kappa shape index (κ3) is 5.38. The number of rotatable bonds is 3. The average molecular weight is 440 g/mol. The molecule has 2 aromatic carbocycles. The van der Waals surface area contributed by atoms with Crippen LogP contribution in [0, 0.1) is 36.1 Å². The van der Waals surface area contributed by atoms with Gasteiger partial charge < -0.3 is 20.5 Å². The molecule has 0 saturated heterocycles. The Morgan fingerprint density at radius 2 is 1.65 bits per heavy atom. The summed E-state index contributed by atoms with van der Waals surface area (Å²) in [5.41, 5.74) is -0.998. The van der Waals surface area contributed by atoms with Crippen LogP contribution < -0.4 is 10.9 Å². The van der Waals surface area contributed by atoms with E-state index in [2.05, 4.69) is 10.3 Å². The molecule has 0 radical (unpaired) electrons. The van der Waals surface area contributed by atoms with Gasteiger partial charge in [0.15, 0.2) is 0 Å². The average Bonchev–Trinajstić information content (AvgIpc) is 2.69. The van der Waals surface area contributed by atoms with E-state index in [0.717, 1.165) is 18.2 Å². The summed E-state index contributed by atoms with van der Waals surface area (Å²) in [4.78, 5) is 35.1. The number of pyridine rings is 1. The largest absolute Gasteiger partial charge is 0.507 e. The van der Waals surface area contributed by atoms with Crippen LogP contribution >= 0.6 is 0 Å². The molecule has 1 unspecified atom stereocenters. The summed E-state index contributed by atoms with van der Waals surface area (Å²) < 4.78 is 51.7. The van der Waals surface area contributed by atoms with E-state index in [1.165, 1.54) is 13.8 Å². The molecule has 164 valence electrons. The number of carbonyl (C=O) groups is 2. The molecule has 1 atom stereocenters. The Bertz CT molecular complexity index is 1230. The van der Waals surface area contributed by atoms with Gasteiger partial charge in [-0.05, 0) is 32.0 Å². The van der Waals surface area contributed by atoms with E-state index in [4.69, 9.17) is 5.11 Å². The Hall–Kier alpha value is -3.89. The first-order valence-electron chi connectivity index (χ1n) is 8.61. The third-order valence-corrected chi connectivity index (χ3v) is 4.20. The van der Waals surface area contributed by atoms with Gasteiger partial charge in [0.25, 0.3) is 5.56 Å². The number of carboxylic acids is 1. The predicted octanol–water partition coefficient (Wildman–Crippen LogP) is 3.44. The Kier molecular flexibility index (Phi) is 7.00. The maximum Gasteiger partial charge on any atom is 0.315 e. The molecule has 1 aromatic heterocycles. The molecule has 0 spiro atoms. The molecule has 0 saturated carbocycles. The van der Waals surface area contributed by atoms with Crippen LogP contribution in [-0.4, -0.2) is 27.1 Å². The van der Waals surface area contributed by atoms with Gasteiger partial charge in [0, 0.05) is 17.5 Å². The minimum absolute atomic E-state index is 0.0347. The van der Waals surface area contributed by atoms with Crippen LogP contribution in [0.5, 0.6) is 5.75 Å². The Morgan fingerprint density at radius 3 is 2.23 bits per heavy atom. The van der Waals surface area contributed by atoms with Gasteiger partial charge in [0.1, 0.15) is 34.9 Å². The van der Waals surface area contributed by atoms with Crippen molar-refractivity contribution in [2.45, 2.75) is 13.8 Å². The van der Waals surface area contributed by atoms with Gasteiger partial charge in [-0.3, -0.25) is 14.4 Å². The fraction of sp³-hybridized carbons (Fsp3) is 0.150. The molecule has 0 aliphatic heterocycles. The molecule has 3 rings (SSSR count). The van der Waals surface area contributed by atoms with Gasteiger partial charge in [-0.25, -0.2) is 17.6 Å². The molecule has 3 aromatic rings. The van der Waals surface area contributed by atoms with Crippen molar-refractivity contribution in [3.8, 4) is 5.75 Å². The lowest BCUT2D eigenvalue weighted by Gasteiger charge is -2.08. The number of aromatic amines is 1. The quantitative estimate of drug-likeness (QED) is 0.368. The molecule has 0 fully saturated rings. The number of anilines is 1. The summed E-state index contributed by atoms with van der Waals surface area (Å²) in [6.45, 7) is 2.54. The van der Waals surface area contributed by atoms with Crippen molar-refractivity contribution in [3.05, 3.63) is 69.5 Å². The van der Waals surface area contributed by atoms with Crippen LogP contribution in [0.4, 0.5) is 23.2 Å². The van der Waals surface area contributed by atoms with E-state index >= 15 is 0 Å². The number of hydrogen-bond acceptors (Lipinski definition) is 4. The first-order valence-corrected chi connectivity index (χ1v) is 8.61. The number of halogens is 4. The van der Waals surface area contributed by atoms with Crippen LogP contribution in [0.1, 0.15) is 12.5 Å². The number of hydrogen-bond donors (Lipinski definition) is 4. The van der Waals surface area contributed by atoms with Crippen molar-refractivity contribution in [3.63, 3.8) is 0 Å². The SMILES string of the molecule is CC(C(=O)O)C(=O)Nc1ccc(F)cc1F.Cc1c(O)c2cc(F)cc(F)c2[nH]c1=O. The fourth-order valence-electron chi connectivity index (χ4n) is 2.35. The minimum Gasteiger partial charge on any atom is -0.507 e. The highest BCUT2D eigenvalue weighted by molar-refractivity contribution is 6.03. The number of fused-ring (bicyclic) bond motifs is 1. The first kappa shape index (κ1) is 23.4. The lowest BCUT2D eigenvalue weighted by Crippen LogP contribution is -2.27. The number of carboxylic acid groups (broad SMARTS) is 1. The molecule has 0 aliphatic carbocycles. The van der Waals surface area contributed by atoms with E-state index in [1.54, 1.807) is 0 Å². The summed E-state index contributed by atoms with van der Waals surface area (Å²) >= 11 is 0. The number of aromatic nitrogens is 1. The smallest absolute Gasteiger partial charge is 0.315 e. The van der Waals surface area contributed by atoms with Crippen LogP contribution in [0.2, 0.25) is 0 Å². The molecule has 0 bridgehead atoms. The molecule has 4 N–H and O–H groups in total. The van der Waals surface area contributed by atoms with Gasteiger partial charge in [0.2, 0.25) is 5.91 Å². The topological polar surface area (TPSA) is 119 Å². The molecular weight excluding hydrogens is 424 g/mol. The highest BCUT2D eigenvalue weighted by Gasteiger charge is 2.21. The number of benzene rings is 2. The predicted molar refractivity (Wildman–Crippen MR) is 103 cm³/mol. The van der Waals surface area contributed by atoms with Gasteiger partial charge >= 0.3 is 5.97 Å². The maximum absolute atomic E-state index is 13.2. The zero-order valence-corrected chi connectivity index (χ0v) is 16.1. The van der Waals surface area contributed by atoms with Crippen molar-refractivity contribution in [1.29, 1.82) is 0 Å². The number of H-pyrrole nitrogens is 1. The normalized spacial score (nSPS) is 11.4. The van der Waals surface area contributed by atoms with E-state index in [0.29, 0.717) is 12.1 Å². The highest BCUT2D eigenvalue weighted by Crippen LogP contribution is 2.26. The van der Waals surface area contributed by atoms with Crippen LogP contribution in [-0.2, 0) is 9.59 Å². The first-order chi connectivity index (χ1) is 14.4. The van der Waals surface area contributed by atoms with Crippen molar-refractivity contribution in [2.75, 3.05) is 5.32 Å². The van der Waals surface area contributed by atoms with Crippen molar-refractivity contribution in [1.82, 2.24) is 4.98 Å². The van der Waals surface area contributed by atoms with Gasteiger partial charge in [0.05, 0.1) is 16.8 Å². The third-order valence-electron chi connectivity index (χ3n) is 4.20. The zero-order valence-electron chi connectivity index (χ0n) is 16.1. The van der Waals surface area contributed by atoms with Gasteiger partial charge in [-0.1, -0.05) is 0 Å². The molecule has 31 heavy (non-hydrogen) atoms. The molecule has 11 heteroatoms. The number of amides is 1. The summed E-state index contributed by atoms with van der Waals surface area (Å²) in [5.74, 6) is -7.32. The van der Waals surface area contributed by atoms with Crippen molar-refractivity contribution in [2.24, 2.45) is 5.92 Å². The number of aromatic hydroxyl groups is 1. The second-order valence-corrected chi connectivity index (χ2v) is 6.41. The number of aliphatic carboxylic acids is 1. The van der Waals surface area contributed by atoms with E-state index in [9.17, 15) is 37.1 Å².